The smallest absolute Gasteiger partial charge is 0.309 e. The molecule has 0 saturated heterocycles. The van der Waals surface area contributed by atoms with Crippen LogP contribution in [0.1, 0.15) is 44.1 Å². The van der Waals surface area contributed by atoms with Crippen LogP contribution in [-0.4, -0.2) is 13.1 Å². The second kappa shape index (κ2) is 6.50. The summed E-state index contributed by atoms with van der Waals surface area (Å²) in [5.41, 5.74) is 2.68. The molecule has 1 aromatic carbocycles. The number of esters is 1. The summed E-state index contributed by atoms with van der Waals surface area (Å²) in [7, 11) is 1.39. The van der Waals surface area contributed by atoms with Crippen molar-refractivity contribution in [2.45, 2.75) is 38.5 Å². The second-order valence-corrected chi connectivity index (χ2v) is 4.88. The van der Waals surface area contributed by atoms with Crippen LogP contribution in [0.2, 0.25) is 0 Å². The van der Waals surface area contributed by atoms with Crippen LogP contribution in [0.4, 0.5) is 4.39 Å². The first kappa shape index (κ1) is 13.8. The van der Waals surface area contributed by atoms with E-state index in [1.165, 1.54) is 13.2 Å². The molecule has 0 N–H and O–H groups in total. The first-order valence-corrected chi connectivity index (χ1v) is 6.75. The summed E-state index contributed by atoms with van der Waals surface area (Å²) in [6, 6.07) is 6.80. The average Bonchev–Trinajstić information content (AvgIpc) is 2.65. The van der Waals surface area contributed by atoms with Crippen LogP contribution in [-0.2, 0) is 9.53 Å². The van der Waals surface area contributed by atoms with Crippen molar-refractivity contribution >= 4 is 11.5 Å². The van der Waals surface area contributed by atoms with Gasteiger partial charge in [0.05, 0.1) is 13.5 Å². The maximum atomic E-state index is 13.9. The Morgan fingerprint density at radius 2 is 1.95 bits per heavy atom. The lowest BCUT2D eigenvalue weighted by Gasteiger charge is -2.13. The molecule has 1 aliphatic rings. The predicted molar refractivity (Wildman–Crippen MR) is 73.0 cm³/mol. The third kappa shape index (κ3) is 3.43. The van der Waals surface area contributed by atoms with Crippen molar-refractivity contribution < 1.29 is 13.9 Å². The zero-order chi connectivity index (χ0) is 13.7. The molecule has 0 fully saturated rings. The highest BCUT2D eigenvalue weighted by atomic mass is 19.1. The summed E-state index contributed by atoms with van der Waals surface area (Å²) in [5.74, 6) is -0.451. The van der Waals surface area contributed by atoms with Gasteiger partial charge in [-0.15, -0.1) is 0 Å². The molecule has 0 saturated carbocycles. The van der Waals surface area contributed by atoms with Gasteiger partial charge in [0.15, 0.2) is 0 Å². The number of carbonyl (C=O) groups excluding carboxylic acids is 1. The maximum absolute atomic E-state index is 13.9. The van der Waals surface area contributed by atoms with E-state index in [1.807, 2.05) is 6.07 Å². The number of allylic oxidation sites excluding steroid dienone is 1. The van der Waals surface area contributed by atoms with Gasteiger partial charge in [-0.2, -0.15) is 0 Å². The molecule has 0 unspecified atom stereocenters. The summed E-state index contributed by atoms with van der Waals surface area (Å²) in [5, 5.41) is 0. The Kier molecular flexibility index (Phi) is 4.72. The zero-order valence-electron chi connectivity index (χ0n) is 11.2. The summed E-state index contributed by atoms with van der Waals surface area (Å²) < 4.78 is 18.7. The lowest BCUT2D eigenvalue weighted by atomic mass is 9.94. The van der Waals surface area contributed by atoms with Crippen molar-refractivity contribution in [1.82, 2.24) is 0 Å². The fourth-order valence-electron chi connectivity index (χ4n) is 2.62. The number of hydrogen-bond donors (Lipinski definition) is 0. The molecule has 2 rings (SSSR count). The maximum Gasteiger partial charge on any atom is 0.309 e. The highest BCUT2D eigenvalue weighted by molar-refractivity contribution is 5.78. The van der Waals surface area contributed by atoms with Gasteiger partial charge in [0.2, 0.25) is 0 Å². The number of halogens is 1. The molecule has 19 heavy (non-hydrogen) atoms. The molecule has 3 heteroatoms. The van der Waals surface area contributed by atoms with Gasteiger partial charge >= 0.3 is 5.97 Å². The molecule has 0 aliphatic heterocycles. The second-order valence-electron chi connectivity index (χ2n) is 4.88. The fourth-order valence-corrected chi connectivity index (χ4v) is 2.62. The topological polar surface area (TPSA) is 26.3 Å². The van der Waals surface area contributed by atoms with E-state index in [0.29, 0.717) is 5.56 Å². The Bertz CT molecular complexity index is 491. The number of hydrogen-bond acceptors (Lipinski definition) is 2. The number of carbonyl (C=O) groups is 1. The van der Waals surface area contributed by atoms with Crippen LogP contribution in [0, 0.1) is 5.82 Å². The van der Waals surface area contributed by atoms with Gasteiger partial charge in [-0.1, -0.05) is 30.2 Å². The Labute approximate surface area is 113 Å². The molecule has 1 aliphatic carbocycles. The quantitative estimate of drug-likeness (QED) is 0.766. The monoisotopic (exact) mass is 262 g/mol. The van der Waals surface area contributed by atoms with Gasteiger partial charge in [0.1, 0.15) is 5.82 Å². The van der Waals surface area contributed by atoms with E-state index < -0.39 is 0 Å². The minimum atomic E-state index is -0.245. The molecular formula is C16H19FO2. The summed E-state index contributed by atoms with van der Waals surface area (Å²) in [4.78, 5) is 11.5. The molecule has 102 valence electrons. The largest absolute Gasteiger partial charge is 0.469 e. The van der Waals surface area contributed by atoms with Gasteiger partial charge in [0, 0.05) is 5.56 Å². The van der Waals surface area contributed by atoms with Crippen LogP contribution in [0.3, 0.4) is 0 Å². The van der Waals surface area contributed by atoms with Crippen molar-refractivity contribution in [2.24, 2.45) is 0 Å². The van der Waals surface area contributed by atoms with Crippen LogP contribution < -0.4 is 0 Å². The number of rotatable bonds is 3. The van der Waals surface area contributed by atoms with Crippen LogP contribution in [0.25, 0.3) is 5.57 Å². The number of methoxy groups -OCH3 is 1. The van der Waals surface area contributed by atoms with Crippen molar-refractivity contribution in [2.75, 3.05) is 7.11 Å². The Morgan fingerprint density at radius 3 is 2.68 bits per heavy atom. The average molecular weight is 262 g/mol. The van der Waals surface area contributed by atoms with Crippen molar-refractivity contribution in [3.63, 3.8) is 0 Å². The van der Waals surface area contributed by atoms with Crippen LogP contribution >= 0.6 is 0 Å². The van der Waals surface area contributed by atoms with Crippen molar-refractivity contribution in [3.8, 4) is 0 Å². The first-order chi connectivity index (χ1) is 9.22. The third-order valence-electron chi connectivity index (χ3n) is 3.62. The van der Waals surface area contributed by atoms with Crippen LogP contribution in [0.5, 0.6) is 0 Å². The highest BCUT2D eigenvalue weighted by Crippen LogP contribution is 2.34. The number of benzene rings is 1. The van der Waals surface area contributed by atoms with E-state index in [0.717, 1.165) is 43.3 Å². The van der Waals surface area contributed by atoms with E-state index in [1.54, 1.807) is 12.1 Å². The Morgan fingerprint density at radius 1 is 1.21 bits per heavy atom. The summed E-state index contributed by atoms with van der Waals surface area (Å²) >= 11 is 0. The van der Waals surface area contributed by atoms with Crippen molar-refractivity contribution in [1.29, 1.82) is 0 Å². The van der Waals surface area contributed by atoms with Crippen molar-refractivity contribution in [3.05, 3.63) is 41.2 Å². The molecule has 2 nitrogen and oxygen atoms in total. The van der Waals surface area contributed by atoms with Gasteiger partial charge in [-0.05, 0) is 37.3 Å². The molecule has 0 radical (unpaired) electrons. The molecule has 0 atom stereocenters. The highest BCUT2D eigenvalue weighted by Gasteiger charge is 2.18. The zero-order valence-corrected chi connectivity index (χ0v) is 11.2. The van der Waals surface area contributed by atoms with E-state index in [-0.39, 0.29) is 18.2 Å². The molecule has 0 heterocycles. The molecule has 0 aromatic heterocycles. The SMILES string of the molecule is COC(=O)CC1=C(c2ccccc2F)CCCCC1. The molecule has 0 bridgehead atoms. The Balaban J connectivity index is 2.39. The van der Waals surface area contributed by atoms with E-state index >= 15 is 0 Å². The predicted octanol–water partition coefficient (Wildman–Crippen LogP) is 4.11. The fraction of sp³-hybridized carbons (Fsp3) is 0.438. The minimum absolute atomic E-state index is 0.207. The first-order valence-electron chi connectivity index (χ1n) is 6.75. The molecular weight excluding hydrogens is 243 g/mol. The van der Waals surface area contributed by atoms with E-state index in [4.69, 9.17) is 4.74 Å². The molecule has 0 amide bonds. The summed E-state index contributed by atoms with van der Waals surface area (Å²) in [6.45, 7) is 0. The summed E-state index contributed by atoms with van der Waals surface area (Å²) in [6.07, 6.45) is 5.22. The van der Waals surface area contributed by atoms with E-state index in [2.05, 4.69) is 0 Å². The molecule has 1 aromatic rings. The number of ether oxygens (including phenoxy) is 1. The standard InChI is InChI=1S/C16H19FO2/c1-19-16(18)11-12-7-3-2-4-8-13(12)14-9-5-6-10-15(14)17/h5-6,9-10H,2-4,7-8,11H2,1H3. The van der Waals surface area contributed by atoms with E-state index in [9.17, 15) is 9.18 Å². The van der Waals surface area contributed by atoms with Gasteiger partial charge < -0.3 is 4.74 Å². The normalized spacial score (nSPS) is 16.1. The Hall–Kier alpha value is -1.64. The van der Waals surface area contributed by atoms with Crippen LogP contribution in [0.15, 0.2) is 29.8 Å². The van der Waals surface area contributed by atoms with Gasteiger partial charge in [-0.3, -0.25) is 4.79 Å². The van der Waals surface area contributed by atoms with Gasteiger partial charge in [0.25, 0.3) is 0 Å². The lowest BCUT2D eigenvalue weighted by molar-refractivity contribution is -0.139. The third-order valence-corrected chi connectivity index (χ3v) is 3.62. The minimum Gasteiger partial charge on any atom is -0.469 e. The van der Waals surface area contributed by atoms with Gasteiger partial charge in [-0.25, -0.2) is 4.39 Å². The molecule has 0 spiro atoms. The lowest BCUT2D eigenvalue weighted by Crippen LogP contribution is -2.04.